The van der Waals surface area contributed by atoms with Gasteiger partial charge in [-0.2, -0.15) is 0 Å². The number of halogens is 1. The van der Waals surface area contributed by atoms with Gasteiger partial charge in [-0.25, -0.2) is 4.98 Å². The molecule has 1 amide bonds. The lowest BCUT2D eigenvalue weighted by Gasteiger charge is -2.07. The zero-order valence-corrected chi connectivity index (χ0v) is 19.6. The summed E-state index contributed by atoms with van der Waals surface area (Å²) in [6.07, 6.45) is 6.29. The van der Waals surface area contributed by atoms with Gasteiger partial charge in [0.2, 0.25) is 11.8 Å². The second-order valence-corrected chi connectivity index (χ2v) is 8.27. The summed E-state index contributed by atoms with van der Waals surface area (Å²) < 4.78 is 11.5. The number of hydrogen-bond donors (Lipinski definition) is 2. The van der Waals surface area contributed by atoms with E-state index in [2.05, 4.69) is 20.6 Å². The Morgan fingerprint density at radius 1 is 1.00 bits per heavy atom. The number of carbonyl (C=O) groups excluding carboxylic acids is 1. The molecule has 2 aromatic carbocycles. The summed E-state index contributed by atoms with van der Waals surface area (Å²) in [5.74, 6) is 1.29. The third-order valence-corrected chi connectivity index (χ3v) is 5.40. The molecule has 3 heterocycles. The molecule has 0 atom stereocenters. The van der Waals surface area contributed by atoms with E-state index < -0.39 is 5.91 Å². The van der Waals surface area contributed by atoms with E-state index in [0.717, 1.165) is 11.1 Å². The molecule has 2 N–H and O–H groups in total. The van der Waals surface area contributed by atoms with Gasteiger partial charge in [-0.1, -0.05) is 11.6 Å². The molecule has 0 aliphatic heterocycles. The van der Waals surface area contributed by atoms with Gasteiger partial charge in [0.05, 0.1) is 5.56 Å². The van der Waals surface area contributed by atoms with Crippen molar-refractivity contribution in [1.29, 1.82) is 0 Å². The van der Waals surface area contributed by atoms with Crippen molar-refractivity contribution in [2.75, 3.05) is 5.32 Å². The van der Waals surface area contributed by atoms with Crippen molar-refractivity contribution in [2.45, 2.75) is 0 Å². The van der Waals surface area contributed by atoms with Gasteiger partial charge in [-0.3, -0.25) is 15.1 Å². The molecule has 9 heteroatoms. The Bertz CT molecular complexity index is 1540. The van der Waals surface area contributed by atoms with E-state index in [4.69, 9.17) is 32.7 Å². The Kier molecular flexibility index (Phi) is 6.38. The van der Waals surface area contributed by atoms with Crippen LogP contribution >= 0.6 is 23.8 Å². The van der Waals surface area contributed by atoms with Crippen LogP contribution in [0.3, 0.4) is 0 Å². The van der Waals surface area contributed by atoms with Crippen LogP contribution in [0.15, 0.2) is 94.0 Å². The molecule has 0 saturated heterocycles. The fourth-order valence-electron chi connectivity index (χ4n) is 3.30. The standard InChI is InChI=1S/C26H17ClN4O3S/c27-18-5-3-16(4-6-18)22-11-8-20(33-22)9-12-24(32)31-26(35)29-19-7-10-23-21(14-19)30-25(34-23)17-2-1-13-28-15-17/h1-15H,(H2,29,31,32,35). The second kappa shape index (κ2) is 9.92. The molecule has 0 saturated carbocycles. The molecular formula is C26H17ClN4O3S. The molecule has 0 radical (unpaired) electrons. The van der Waals surface area contributed by atoms with E-state index >= 15 is 0 Å². The monoisotopic (exact) mass is 500 g/mol. The first-order chi connectivity index (χ1) is 17.0. The van der Waals surface area contributed by atoms with Crippen LogP contribution in [0.5, 0.6) is 0 Å². The molecule has 0 fully saturated rings. The number of oxazole rings is 1. The van der Waals surface area contributed by atoms with Gasteiger partial charge in [0.15, 0.2) is 10.7 Å². The van der Waals surface area contributed by atoms with Gasteiger partial charge in [0, 0.05) is 34.7 Å². The minimum atomic E-state index is -0.395. The van der Waals surface area contributed by atoms with E-state index in [-0.39, 0.29) is 5.11 Å². The number of pyridine rings is 1. The zero-order valence-electron chi connectivity index (χ0n) is 18.1. The molecule has 5 aromatic rings. The molecule has 7 nitrogen and oxygen atoms in total. The molecule has 0 unspecified atom stereocenters. The van der Waals surface area contributed by atoms with Crippen molar-refractivity contribution in [1.82, 2.24) is 15.3 Å². The number of fused-ring (bicyclic) bond motifs is 1. The Morgan fingerprint density at radius 2 is 1.86 bits per heavy atom. The predicted octanol–water partition coefficient (Wildman–Crippen LogP) is 6.33. The maximum Gasteiger partial charge on any atom is 0.250 e. The van der Waals surface area contributed by atoms with E-state index in [1.165, 1.54) is 6.08 Å². The van der Waals surface area contributed by atoms with Crippen LogP contribution in [-0.4, -0.2) is 21.0 Å². The smallest absolute Gasteiger partial charge is 0.250 e. The lowest BCUT2D eigenvalue weighted by molar-refractivity contribution is -0.115. The lowest BCUT2D eigenvalue weighted by atomic mass is 10.2. The largest absolute Gasteiger partial charge is 0.457 e. The molecule has 0 aliphatic rings. The van der Waals surface area contributed by atoms with Crippen molar-refractivity contribution < 1.29 is 13.6 Å². The number of hydrogen-bond acceptors (Lipinski definition) is 6. The fraction of sp³-hybridized carbons (Fsp3) is 0. The number of nitrogens with zero attached hydrogens (tertiary/aromatic N) is 2. The molecule has 172 valence electrons. The van der Waals surface area contributed by atoms with Crippen LogP contribution in [0, 0.1) is 0 Å². The lowest BCUT2D eigenvalue weighted by Crippen LogP contribution is -2.32. The number of thiocarbonyl (C=S) groups is 1. The van der Waals surface area contributed by atoms with Crippen LogP contribution in [0.1, 0.15) is 5.76 Å². The van der Waals surface area contributed by atoms with Crippen LogP contribution < -0.4 is 10.6 Å². The number of anilines is 1. The quantitative estimate of drug-likeness (QED) is 0.215. The number of nitrogens with one attached hydrogen (secondary N) is 2. The normalized spacial score (nSPS) is 11.1. The van der Waals surface area contributed by atoms with Gasteiger partial charge >= 0.3 is 0 Å². The first kappa shape index (κ1) is 22.5. The zero-order chi connectivity index (χ0) is 24.2. The van der Waals surface area contributed by atoms with Crippen LogP contribution in [0.2, 0.25) is 5.02 Å². The number of benzene rings is 2. The first-order valence-corrected chi connectivity index (χ1v) is 11.3. The summed E-state index contributed by atoms with van der Waals surface area (Å²) in [6.45, 7) is 0. The van der Waals surface area contributed by atoms with E-state index in [0.29, 0.717) is 39.2 Å². The molecule has 35 heavy (non-hydrogen) atoms. The second-order valence-electron chi connectivity index (χ2n) is 7.43. The van der Waals surface area contributed by atoms with Gasteiger partial charge in [0.1, 0.15) is 17.0 Å². The van der Waals surface area contributed by atoms with Gasteiger partial charge in [0.25, 0.3) is 0 Å². The highest BCUT2D eigenvalue weighted by Gasteiger charge is 2.10. The average Bonchev–Trinajstić information content (AvgIpc) is 3.51. The summed E-state index contributed by atoms with van der Waals surface area (Å²) in [6, 6.07) is 19.9. The van der Waals surface area contributed by atoms with Crippen molar-refractivity contribution >= 4 is 57.7 Å². The van der Waals surface area contributed by atoms with E-state index in [1.54, 1.807) is 54.9 Å². The minimum absolute atomic E-state index is 0.149. The SMILES string of the molecule is O=C(C=Cc1ccc(-c2ccc(Cl)cc2)o1)NC(=S)Nc1ccc2oc(-c3cccnc3)nc2c1. The highest BCUT2D eigenvalue weighted by Crippen LogP contribution is 2.26. The Morgan fingerprint density at radius 3 is 2.66 bits per heavy atom. The van der Waals surface area contributed by atoms with Crippen molar-refractivity contribution in [3.8, 4) is 22.8 Å². The summed E-state index contributed by atoms with van der Waals surface area (Å²) in [7, 11) is 0. The third kappa shape index (κ3) is 5.46. The Hall–Kier alpha value is -4.27. The highest BCUT2D eigenvalue weighted by molar-refractivity contribution is 7.80. The summed E-state index contributed by atoms with van der Waals surface area (Å²) >= 11 is 11.2. The van der Waals surface area contributed by atoms with Crippen molar-refractivity contribution in [2.24, 2.45) is 0 Å². The number of amides is 1. The van der Waals surface area contributed by atoms with Gasteiger partial charge in [-0.15, -0.1) is 0 Å². The van der Waals surface area contributed by atoms with Crippen molar-refractivity contribution in [3.05, 3.63) is 96.0 Å². The van der Waals surface area contributed by atoms with Gasteiger partial charge < -0.3 is 14.2 Å². The van der Waals surface area contributed by atoms with Gasteiger partial charge in [-0.05, 0) is 85.0 Å². The first-order valence-electron chi connectivity index (χ1n) is 10.5. The summed E-state index contributed by atoms with van der Waals surface area (Å²) in [4.78, 5) is 20.9. The number of furan rings is 1. The van der Waals surface area contributed by atoms with Crippen LogP contribution in [-0.2, 0) is 4.79 Å². The molecule has 5 rings (SSSR count). The van der Waals surface area contributed by atoms with E-state index in [9.17, 15) is 4.79 Å². The van der Waals surface area contributed by atoms with E-state index in [1.807, 2.05) is 30.3 Å². The molecular weight excluding hydrogens is 484 g/mol. The minimum Gasteiger partial charge on any atom is -0.457 e. The summed E-state index contributed by atoms with van der Waals surface area (Å²) in [5, 5.41) is 6.39. The summed E-state index contributed by atoms with van der Waals surface area (Å²) in [5.41, 5.74) is 3.61. The van der Waals surface area contributed by atoms with Crippen molar-refractivity contribution in [3.63, 3.8) is 0 Å². The molecule has 0 bridgehead atoms. The Labute approximate surface area is 210 Å². The average molecular weight is 501 g/mol. The molecule has 3 aromatic heterocycles. The number of carbonyl (C=O) groups is 1. The number of rotatable bonds is 5. The highest BCUT2D eigenvalue weighted by atomic mass is 35.5. The maximum atomic E-state index is 12.3. The van der Waals surface area contributed by atoms with Crippen LogP contribution in [0.4, 0.5) is 5.69 Å². The predicted molar refractivity (Wildman–Crippen MR) is 140 cm³/mol. The Balaban J connectivity index is 1.19. The molecule has 0 spiro atoms. The molecule has 0 aliphatic carbocycles. The number of aromatic nitrogens is 2. The maximum absolute atomic E-state index is 12.3. The topological polar surface area (TPSA) is 93.2 Å². The van der Waals surface area contributed by atoms with Crippen LogP contribution in [0.25, 0.3) is 40.0 Å². The third-order valence-electron chi connectivity index (χ3n) is 4.95. The fourth-order valence-corrected chi connectivity index (χ4v) is 3.65.